The van der Waals surface area contributed by atoms with Gasteiger partial charge < -0.3 is 4.90 Å². The van der Waals surface area contributed by atoms with Gasteiger partial charge in [0.1, 0.15) is 17.5 Å². The molecule has 0 unspecified atom stereocenters. The molecular weight excluding hydrogens is 402 g/mol. The maximum atomic E-state index is 12.3. The maximum absolute atomic E-state index is 12.3. The first-order valence-corrected chi connectivity index (χ1v) is 11.2. The number of ketones is 2. The third-order valence-electron chi connectivity index (χ3n) is 6.21. The summed E-state index contributed by atoms with van der Waals surface area (Å²) in [5, 5.41) is 9.64. The Morgan fingerprint density at radius 3 is 2.59 bits per heavy atom. The summed E-state index contributed by atoms with van der Waals surface area (Å²) in [5.41, 5.74) is 5.29. The highest BCUT2D eigenvalue weighted by atomic mass is 16.1. The van der Waals surface area contributed by atoms with Crippen molar-refractivity contribution in [1.82, 2.24) is 14.9 Å². The van der Waals surface area contributed by atoms with Crippen LogP contribution in [0.4, 0.5) is 5.69 Å². The SMILES string of the molecule is CCC(=O)c1ccc(N2CCN(Cc3cc4c(nc3C#N)C=C(CC)C(=O)C4)CC2)cn1. The van der Waals surface area contributed by atoms with E-state index in [0.717, 1.165) is 54.3 Å². The first-order chi connectivity index (χ1) is 15.5. The first kappa shape index (κ1) is 21.8. The van der Waals surface area contributed by atoms with Crippen molar-refractivity contribution in [3.8, 4) is 6.07 Å². The molecule has 3 heterocycles. The highest BCUT2D eigenvalue weighted by Gasteiger charge is 2.23. The van der Waals surface area contributed by atoms with Crippen LogP contribution in [0.2, 0.25) is 0 Å². The van der Waals surface area contributed by atoms with E-state index >= 15 is 0 Å². The number of carbonyl (C=O) groups is 2. The van der Waals surface area contributed by atoms with Gasteiger partial charge in [-0.3, -0.25) is 19.5 Å². The zero-order chi connectivity index (χ0) is 22.7. The minimum absolute atomic E-state index is 0.0523. The molecule has 0 aromatic carbocycles. The number of anilines is 1. The number of aromatic nitrogens is 2. The lowest BCUT2D eigenvalue weighted by molar-refractivity contribution is -0.115. The quantitative estimate of drug-likeness (QED) is 0.652. The molecule has 0 N–H and O–H groups in total. The number of hydrogen-bond donors (Lipinski definition) is 0. The molecule has 7 nitrogen and oxygen atoms in total. The van der Waals surface area contributed by atoms with E-state index in [9.17, 15) is 14.9 Å². The van der Waals surface area contributed by atoms with Gasteiger partial charge >= 0.3 is 0 Å². The summed E-state index contributed by atoms with van der Waals surface area (Å²) in [6.07, 6.45) is 5.10. The third kappa shape index (κ3) is 4.46. The number of nitriles is 1. The van der Waals surface area contributed by atoms with Crippen LogP contribution in [-0.2, 0) is 17.8 Å². The fourth-order valence-corrected chi connectivity index (χ4v) is 4.26. The van der Waals surface area contributed by atoms with E-state index in [4.69, 9.17) is 0 Å². The van der Waals surface area contributed by atoms with Crippen LogP contribution < -0.4 is 4.90 Å². The van der Waals surface area contributed by atoms with E-state index in [1.54, 1.807) is 12.3 Å². The number of nitrogens with zero attached hydrogens (tertiary/aromatic N) is 5. The van der Waals surface area contributed by atoms with Gasteiger partial charge in [0, 0.05) is 51.1 Å². The number of fused-ring (bicyclic) bond motifs is 1. The molecule has 0 radical (unpaired) electrons. The van der Waals surface area contributed by atoms with Crippen molar-refractivity contribution in [3.63, 3.8) is 0 Å². The normalized spacial score (nSPS) is 16.3. The molecule has 32 heavy (non-hydrogen) atoms. The van der Waals surface area contributed by atoms with Gasteiger partial charge in [0.2, 0.25) is 0 Å². The molecule has 0 amide bonds. The van der Waals surface area contributed by atoms with Crippen LogP contribution in [-0.4, -0.2) is 52.6 Å². The lowest BCUT2D eigenvalue weighted by Crippen LogP contribution is -2.46. The molecule has 1 saturated heterocycles. The van der Waals surface area contributed by atoms with E-state index in [0.29, 0.717) is 37.2 Å². The van der Waals surface area contributed by atoms with E-state index in [1.165, 1.54) is 0 Å². The van der Waals surface area contributed by atoms with Crippen molar-refractivity contribution < 1.29 is 9.59 Å². The molecule has 1 aliphatic heterocycles. The number of piperazine rings is 1. The van der Waals surface area contributed by atoms with Gasteiger partial charge in [-0.15, -0.1) is 0 Å². The van der Waals surface area contributed by atoms with Crippen LogP contribution >= 0.6 is 0 Å². The molecule has 1 aliphatic carbocycles. The van der Waals surface area contributed by atoms with Crippen molar-refractivity contribution in [2.45, 2.75) is 39.7 Å². The average Bonchev–Trinajstić information content (AvgIpc) is 2.83. The molecule has 0 saturated carbocycles. The number of carbonyl (C=O) groups excluding carboxylic acids is 2. The Balaban J connectivity index is 1.43. The van der Waals surface area contributed by atoms with E-state index < -0.39 is 0 Å². The van der Waals surface area contributed by atoms with Gasteiger partial charge in [0.25, 0.3) is 0 Å². The number of pyridine rings is 2. The molecule has 0 atom stereocenters. The van der Waals surface area contributed by atoms with Gasteiger partial charge in [0.15, 0.2) is 11.6 Å². The maximum Gasteiger partial charge on any atom is 0.180 e. The zero-order valence-corrected chi connectivity index (χ0v) is 18.6. The highest BCUT2D eigenvalue weighted by Crippen LogP contribution is 2.25. The summed E-state index contributed by atoms with van der Waals surface area (Å²) in [4.78, 5) is 37.5. The van der Waals surface area contributed by atoms with Crippen LogP contribution in [0.3, 0.4) is 0 Å². The minimum Gasteiger partial charge on any atom is -0.368 e. The molecule has 2 aromatic rings. The molecule has 4 rings (SSSR count). The summed E-state index contributed by atoms with van der Waals surface area (Å²) in [6.45, 7) is 7.80. The van der Waals surface area contributed by atoms with Crippen LogP contribution in [0.15, 0.2) is 30.0 Å². The topological polar surface area (TPSA) is 90.2 Å². The van der Waals surface area contributed by atoms with Crippen LogP contribution in [0.1, 0.15) is 59.7 Å². The summed E-state index contributed by atoms with van der Waals surface area (Å²) in [6, 6.07) is 7.98. The van der Waals surface area contributed by atoms with Crippen molar-refractivity contribution in [2.75, 3.05) is 31.1 Å². The monoisotopic (exact) mass is 429 g/mol. The van der Waals surface area contributed by atoms with Crippen LogP contribution in [0, 0.1) is 11.3 Å². The minimum atomic E-state index is 0.0523. The number of rotatable bonds is 6. The number of Topliss-reactive ketones (excluding diaryl/α,β-unsaturated/α-hetero) is 2. The zero-order valence-electron chi connectivity index (χ0n) is 18.6. The van der Waals surface area contributed by atoms with Crippen molar-refractivity contribution in [1.29, 1.82) is 5.26 Å². The first-order valence-electron chi connectivity index (χ1n) is 11.2. The Hall–Kier alpha value is -3.37. The molecular formula is C25H27N5O2. The Kier molecular flexibility index (Phi) is 6.42. The predicted octanol–water partition coefficient (Wildman–Crippen LogP) is 3.18. The number of hydrogen-bond acceptors (Lipinski definition) is 7. The molecule has 2 aliphatic rings. The predicted molar refractivity (Wildman–Crippen MR) is 122 cm³/mol. The number of allylic oxidation sites excluding steroid dienone is 1. The second-order valence-corrected chi connectivity index (χ2v) is 8.22. The summed E-state index contributed by atoms with van der Waals surface area (Å²) < 4.78 is 0. The molecule has 7 heteroatoms. The Morgan fingerprint density at radius 2 is 1.97 bits per heavy atom. The van der Waals surface area contributed by atoms with Crippen molar-refractivity contribution in [2.24, 2.45) is 0 Å². The fraction of sp³-hybridized carbons (Fsp3) is 0.400. The average molecular weight is 430 g/mol. The second-order valence-electron chi connectivity index (χ2n) is 8.22. The Labute approximate surface area is 188 Å². The van der Waals surface area contributed by atoms with E-state index in [-0.39, 0.29) is 11.6 Å². The largest absolute Gasteiger partial charge is 0.368 e. The third-order valence-corrected chi connectivity index (χ3v) is 6.21. The van der Waals surface area contributed by atoms with Gasteiger partial charge in [-0.2, -0.15) is 5.26 Å². The van der Waals surface area contributed by atoms with Gasteiger partial charge in [-0.1, -0.05) is 13.8 Å². The Morgan fingerprint density at radius 1 is 1.19 bits per heavy atom. The summed E-state index contributed by atoms with van der Waals surface area (Å²) in [7, 11) is 0. The van der Waals surface area contributed by atoms with Crippen LogP contribution in [0.5, 0.6) is 0 Å². The lowest BCUT2D eigenvalue weighted by Gasteiger charge is -2.36. The smallest absolute Gasteiger partial charge is 0.180 e. The highest BCUT2D eigenvalue weighted by molar-refractivity contribution is 6.03. The van der Waals surface area contributed by atoms with Crippen molar-refractivity contribution >= 4 is 23.3 Å². The standard InChI is InChI=1S/C25H27N5O2/c1-3-17-12-22-18(13-25(17)32)11-19(23(14-26)28-22)16-29-7-9-30(10-8-29)20-5-6-21(27-15-20)24(31)4-2/h5-6,11-12,15H,3-4,7-10,13,16H2,1-2H3. The second kappa shape index (κ2) is 9.41. The molecule has 164 valence electrons. The summed E-state index contributed by atoms with van der Waals surface area (Å²) >= 11 is 0. The molecule has 0 spiro atoms. The van der Waals surface area contributed by atoms with Crippen molar-refractivity contribution in [3.05, 3.63) is 58.2 Å². The van der Waals surface area contributed by atoms with Gasteiger partial charge in [-0.05, 0) is 41.8 Å². The van der Waals surface area contributed by atoms with Gasteiger partial charge in [-0.25, -0.2) is 4.98 Å². The molecule has 1 fully saturated rings. The van der Waals surface area contributed by atoms with E-state index in [2.05, 4.69) is 25.8 Å². The summed E-state index contributed by atoms with van der Waals surface area (Å²) in [5.74, 6) is 0.197. The fourth-order valence-electron chi connectivity index (χ4n) is 4.26. The Bertz CT molecular complexity index is 1110. The molecule has 2 aromatic heterocycles. The van der Waals surface area contributed by atoms with Gasteiger partial charge in [0.05, 0.1) is 17.6 Å². The van der Waals surface area contributed by atoms with Crippen LogP contribution in [0.25, 0.3) is 6.08 Å². The van der Waals surface area contributed by atoms with E-state index in [1.807, 2.05) is 32.1 Å². The lowest BCUT2D eigenvalue weighted by atomic mass is 9.91. The molecule has 0 bridgehead atoms.